The van der Waals surface area contributed by atoms with Gasteiger partial charge in [-0.1, -0.05) is 282 Å². The summed E-state index contributed by atoms with van der Waals surface area (Å²) in [4.78, 5) is 37.4. The number of likely N-dealkylation sites (N-methyl/N-ethyl adjacent to an activating group) is 1. The number of rotatable bonds is 60. The van der Waals surface area contributed by atoms with Crippen LogP contribution in [0.1, 0.15) is 316 Å². The first-order chi connectivity index (χ1) is 36.1. The Morgan fingerprint density at radius 2 is 0.730 bits per heavy atom. The molecule has 0 aliphatic rings. The fraction of sp³-hybridized carbons (Fsp3) is 0.892. The highest BCUT2D eigenvalue weighted by Gasteiger charge is 2.22. The summed E-state index contributed by atoms with van der Waals surface area (Å²) in [6.45, 7) is 4.80. The molecule has 0 aromatic heterocycles. The second-order valence-electron chi connectivity index (χ2n) is 23.1. The molecule has 436 valence electrons. The summed E-state index contributed by atoms with van der Waals surface area (Å²) in [5.41, 5.74) is 0. The average molecular weight is 1050 g/mol. The number of aliphatic carboxylic acids is 1. The minimum absolute atomic E-state index is 0.151. The average Bonchev–Trinajstić information content (AvgIpc) is 3.37. The van der Waals surface area contributed by atoms with Crippen molar-refractivity contribution < 1.29 is 42.9 Å². The maximum Gasteiger partial charge on any atom is 0.306 e. The van der Waals surface area contributed by atoms with E-state index in [1.165, 1.54) is 244 Å². The zero-order valence-corrected chi connectivity index (χ0v) is 49.7. The maximum absolute atomic E-state index is 12.9. The van der Waals surface area contributed by atoms with Crippen LogP contribution in [0.15, 0.2) is 24.3 Å². The lowest BCUT2D eigenvalue weighted by molar-refractivity contribution is -0.870. The molecule has 0 spiro atoms. The Labute approximate surface area is 458 Å². The van der Waals surface area contributed by atoms with Gasteiger partial charge in [-0.05, 0) is 44.9 Å². The number of carbonyl (C=O) groups is 3. The molecule has 2 unspecified atom stereocenters. The summed E-state index contributed by atoms with van der Waals surface area (Å²) < 4.78 is 22.8. The van der Waals surface area contributed by atoms with Gasteiger partial charge in [-0.3, -0.25) is 9.59 Å². The van der Waals surface area contributed by atoms with Crippen molar-refractivity contribution in [2.45, 2.75) is 328 Å². The van der Waals surface area contributed by atoms with Crippen LogP contribution in [0.4, 0.5) is 0 Å². The van der Waals surface area contributed by atoms with Crippen LogP contribution < -0.4 is 5.11 Å². The number of ether oxygens (including phenoxy) is 4. The van der Waals surface area contributed by atoms with Crippen LogP contribution >= 0.6 is 0 Å². The summed E-state index contributed by atoms with van der Waals surface area (Å²) in [5.74, 6) is -2.26. The van der Waals surface area contributed by atoms with Crippen LogP contribution in [0.25, 0.3) is 0 Å². The van der Waals surface area contributed by atoms with Crippen molar-refractivity contribution in [1.29, 1.82) is 0 Å². The summed E-state index contributed by atoms with van der Waals surface area (Å²) in [6.07, 6.45) is 65.2. The Kier molecular flexibility index (Phi) is 55.2. The second-order valence-corrected chi connectivity index (χ2v) is 23.1. The van der Waals surface area contributed by atoms with E-state index in [1.54, 1.807) is 0 Å². The molecule has 0 heterocycles. The fourth-order valence-electron chi connectivity index (χ4n) is 9.51. The number of carboxylic acids is 1. The molecule has 2 atom stereocenters. The number of carbonyl (C=O) groups excluding carboxylic acids is 3. The van der Waals surface area contributed by atoms with Crippen molar-refractivity contribution in [1.82, 2.24) is 0 Å². The van der Waals surface area contributed by atoms with Crippen LogP contribution in [0.5, 0.6) is 0 Å². The largest absolute Gasteiger partial charge is 0.545 e. The number of quaternary nitrogens is 1. The Morgan fingerprint density at radius 1 is 0.405 bits per heavy atom. The van der Waals surface area contributed by atoms with Crippen LogP contribution in [0.3, 0.4) is 0 Å². The van der Waals surface area contributed by atoms with Gasteiger partial charge in [0.2, 0.25) is 0 Å². The van der Waals surface area contributed by atoms with Gasteiger partial charge >= 0.3 is 11.9 Å². The third-order valence-electron chi connectivity index (χ3n) is 14.5. The first kappa shape index (κ1) is 71.8. The van der Waals surface area contributed by atoms with Crippen molar-refractivity contribution in [2.75, 3.05) is 47.5 Å². The highest BCUT2D eigenvalue weighted by atomic mass is 16.7. The molecular weight excluding hydrogens is 923 g/mol. The van der Waals surface area contributed by atoms with Gasteiger partial charge in [0.05, 0.1) is 40.3 Å². The molecule has 0 saturated heterocycles. The molecule has 9 heteroatoms. The molecule has 0 bridgehead atoms. The third kappa shape index (κ3) is 57.5. The topological polar surface area (TPSA) is 111 Å². The Bertz CT molecular complexity index is 1260. The van der Waals surface area contributed by atoms with Gasteiger partial charge in [-0.15, -0.1) is 0 Å². The zero-order chi connectivity index (χ0) is 54.1. The van der Waals surface area contributed by atoms with Crippen LogP contribution in [-0.2, 0) is 33.3 Å². The van der Waals surface area contributed by atoms with Crippen LogP contribution in [-0.4, -0.2) is 82.3 Å². The van der Waals surface area contributed by atoms with E-state index >= 15 is 0 Å². The van der Waals surface area contributed by atoms with E-state index in [-0.39, 0.29) is 32.2 Å². The first-order valence-electron chi connectivity index (χ1n) is 32.0. The van der Waals surface area contributed by atoms with Crippen LogP contribution in [0, 0.1) is 0 Å². The molecule has 0 radical (unpaired) electrons. The molecule has 0 saturated carbocycles. The van der Waals surface area contributed by atoms with Crippen molar-refractivity contribution in [3.05, 3.63) is 24.3 Å². The molecule has 0 aromatic carbocycles. The van der Waals surface area contributed by atoms with E-state index in [2.05, 4.69) is 38.2 Å². The highest BCUT2D eigenvalue weighted by Crippen LogP contribution is 2.18. The third-order valence-corrected chi connectivity index (χ3v) is 14.5. The Balaban J connectivity index is 4.12. The lowest BCUT2D eigenvalue weighted by Gasteiger charge is -2.26. The van der Waals surface area contributed by atoms with Gasteiger partial charge in [0.1, 0.15) is 13.2 Å². The monoisotopic (exact) mass is 1050 g/mol. The SMILES string of the molecule is CCCCCCC/C=C\C/C=C\CCCCCCCCCCCCCCCCCCCC(=O)OC(COC(=O)CCCCCCCCCCCCCCCCCCCCCC)COC(OCC[N+](C)(C)C)C(=O)[O-]. The molecule has 0 aliphatic heterocycles. The van der Waals surface area contributed by atoms with Gasteiger partial charge in [0.15, 0.2) is 12.4 Å². The van der Waals surface area contributed by atoms with Gasteiger partial charge in [0, 0.05) is 12.8 Å². The minimum Gasteiger partial charge on any atom is -0.545 e. The number of nitrogens with zero attached hydrogens (tertiary/aromatic N) is 1. The molecule has 9 nitrogen and oxygen atoms in total. The fourth-order valence-corrected chi connectivity index (χ4v) is 9.51. The zero-order valence-electron chi connectivity index (χ0n) is 49.7. The normalized spacial score (nSPS) is 12.8. The van der Waals surface area contributed by atoms with E-state index in [1.807, 2.05) is 21.1 Å². The summed E-state index contributed by atoms with van der Waals surface area (Å²) in [5, 5.41) is 11.8. The van der Waals surface area contributed by atoms with E-state index in [0.29, 0.717) is 17.4 Å². The molecule has 74 heavy (non-hydrogen) atoms. The lowest BCUT2D eigenvalue weighted by atomic mass is 10.0. The number of hydrogen-bond acceptors (Lipinski definition) is 8. The highest BCUT2D eigenvalue weighted by molar-refractivity contribution is 5.70. The van der Waals surface area contributed by atoms with E-state index < -0.39 is 24.3 Å². The smallest absolute Gasteiger partial charge is 0.306 e. The quantitative estimate of drug-likeness (QED) is 0.0195. The Hall–Kier alpha value is -2.23. The van der Waals surface area contributed by atoms with E-state index in [4.69, 9.17) is 18.9 Å². The standard InChI is InChI=1S/C65H123NO8/c1-6-8-10-12-14-16-18-20-22-24-26-28-29-30-31-32-33-34-35-36-38-40-42-44-46-48-50-52-54-56-63(68)74-61(60-73-65(64(69)70)71-58-57-66(3,4)5)59-72-62(67)55-53-51-49-47-45-43-41-39-37-27-25-23-21-19-17-15-13-11-9-7-2/h18,20,24,26,61,65H,6-17,19,21-23,25,27-60H2,1-5H3/b20-18-,26-24-. The van der Waals surface area contributed by atoms with Crippen molar-refractivity contribution in [2.24, 2.45) is 0 Å². The lowest BCUT2D eigenvalue weighted by Crippen LogP contribution is -2.44. The van der Waals surface area contributed by atoms with E-state index in [0.717, 1.165) is 44.9 Å². The minimum atomic E-state index is -1.62. The summed E-state index contributed by atoms with van der Waals surface area (Å²) in [6, 6.07) is 0. The molecule has 0 aliphatic carbocycles. The summed E-state index contributed by atoms with van der Waals surface area (Å²) in [7, 11) is 5.94. The number of hydrogen-bond donors (Lipinski definition) is 0. The van der Waals surface area contributed by atoms with Crippen molar-refractivity contribution in [3.8, 4) is 0 Å². The molecule has 0 aromatic rings. The first-order valence-corrected chi connectivity index (χ1v) is 32.0. The van der Waals surface area contributed by atoms with Gasteiger partial charge < -0.3 is 33.3 Å². The van der Waals surface area contributed by atoms with Crippen molar-refractivity contribution >= 4 is 17.9 Å². The molecule has 0 N–H and O–H groups in total. The van der Waals surface area contributed by atoms with E-state index in [9.17, 15) is 19.5 Å². The summed E-state index contributed by atoms with van der Waals surface area (Å²) >= 11 is 0. The second kappa shape index (κ2) is 57.0. The van der Waals surface area contributed by atoms with Gasteiger partial charge in [-0.2, -0.15) is 0 Å². The maximum atomic E-state index is 12.9. The number of esters is 2. The number of allylic oxidation sites excluding steroid dienone is 4. The molecule has 0 amide bonds. The molecule has 0 rings (SSSR count). The number of carboxylic acid groups (broad SMARTS) is 1. The van der Waals surface area contributed by atoms with Gasteiger partial charge in [0.25, 0.3) is 0 Å². The van der Waals surface area contributed by atoms with Gasteiger partial charge in [-0.25, -0.2) is 0 Å². The Morgan fingerprint density at radius 3 is 1.07 bits per heavy atom. The predicted molar refractivity (Wildman–Crippen MR) is 311 cm³/mol. The predicted octanol–water partition coefficient (Wildman–Crippen LogP) is 17.7. The molecule has 0 fully saturated rings. The van der Waals surface area contributed by atoms with Crippen molar-refractivity contribution in [3.63, 3.8) is 0 Å². The molecular formula is C65H123NO8. The van der Waals surface area contributed by atoms with Crippen LogP contribution in [0.2, 0.25) is 0 Å². The number of unbranched alkanes of at least 4 members (excludes halogenated alkanes) is 41.